The smallest absolute Gasteiger partial charge is 0.130 e. The second-order valence-corrected chi connectivity index (χ2v) is 4.66. The zero-order valence-corrected chi connectivity index (χ0v) is 11.5. The largest absolute Gasteiger partial charge is 0.487 e. The van der Waals surface area contributed by atoms with Gasteiger partial charge < -0.3 is 4.74 Å². The van der Waals surface area contributed by atoms with Gasteiger partial charge in [-0.15, -0.1) is 0 Å². The Morgan fingerprint density at radius 1 is 1.22 bits per heavy atom. The average molecular weight is 244 g/mol. The molecular weight excluding hydrogens is 224 g/mol. The first-order valence-electron chi connectivity index (χ1n) is 6.32. The van der Waals surface area contributed by atoms with E-state index in [0.717, 1.165) is 23.6 Å². The molecule has 0 saturated carbocycles. The van der Waals surface area contributed by atoms with Crippen molar-refractivity contribution < 1.29 is 4.74 Å². The molecule has 0 fully saturated rings. The van der Waals surface area contributed by atoms with Crippen LogP contribution in [0.2, 0.25) is 0 Å². The van der Waals surface area contributed by atoms with Gasteiger partial charge in [-0.05, 0) is 43.5 Å². The molecule has 0 unspecified atom stereocenters. The third-order valence-corrected chi connectivity index (χ3v) is 3.11. The van der Waals surface area contributed by atoms with Gasteiger partial charge in [-0.3, -0.25) is 4.68 Å². The van der Waals surface area contributed by atoms with Gasteiger partial charge in [0.15, 0.2) is 0 Å². The van der Waals surface area contributed by atoms with Crippen molar-refractivity contribution in [2.45, 2.75) is 33.8 Å². The maximum absolute atomic E-state index is 5.88. The zero-order chi connectivity index (χ0) is 13.1. The van der Waals surface area contributed by atoms with Crippen LogP contribution in [0.5, 0.6) is 5.75 Å². The predicted molar refractivity (Wildman–Crippen MR) is 72.8 cm³/mol. The molecule has 0 amide bonds. The van der Waals surface area contributed by atoms with Gasteiger partial charge in [0.2, 0.25) is 0 Å². The lowest BCUT2D eigenvalue weighted by molar-refractivity contribution is 0.292. The van der Waals surface area contributed by atoms with Gasteiger partial charge in [0.25, 0.3) is 0 Å². The maximum atomic E-state index is 5.88. The fourth-order valence-corrected chi connectivity index (χ4v) is 1.89. The summed E-state index contributed by atoms with van der Waals surface area (Å²) < 4.78 is 7.77. The normalized spacial score (nSPS) is 10.7. The summed E-state index contributed by atoms with van der Waals surface area (Å²) in [6.45, 7) is 6.81. The highest BCUT2D eigenvalue weighted by molar-refractivity contribution is 5.36. The van der Waals surface area contributed by atoms with Crippen molar-refractivity contribution >= 4 is 0 Å². The van der Waals surface area contributed by atoms with Gasteiger partial charge in [-0.25, -0.2) is 0 Å². The molecule has 3 heteroatoms. The van der Waals surface area contributed by atoms with E-state index < -0.39 is 0 Å². The van der Waals surface area contributed by atoms with E-state index in [0.29, 0.717) is 6.61 Å². The number of hydrogen-bond acceptors (Lipinski definition) is 2. The van der Waals surface area contributed by atoms with Crippen molar-refractivity contribution in [3.63, 3.8) is 0 Å². The third kappa shape index (κ3) is 2.73. The van der Waals surface area contributed by atoms with E-state index in [1.165, 1.54) is 11.1 Å². The van der Waals surface area contributed by atoms with Crippen LogP contribution in [0, 0.1) is 13.8 Å². The van der Waals surface area contributed by atoms with Gasteiger partial charge >= 0.3 is 0 Å². The van der Waals surface area contributed by atoms with Crippen LogP contribution < -0.4 is 4.74 Å². The predicted octanol–water partition coefficient (Wildman–Crippen LogP) is 3.18. The number of benzene rings is 1. The lowest BCUT2D eigenvalue weighted by Crippen LogP contribution is -2.03. The topological polar surface area (TPSA) is 27.1 Å². The lowest BCUT2D eigenvalue weighted by Gasteiger charge is -2.09. The average Bonchev–Trinajstić information content (AvgIpc) is 2.71. The molecule has 0 N–H and O–H groups in total. The first-order valence-corrected chi connectivity index (χ1v) is 6.32. The molecule has 0 bridgehead atoms. The molecule has 1 aromatic heterocycles. The van der Waals surface area contributed by atoms with Crippen molar-refractivity contribution in [1.29, 1.82) is 0 Å². The molecule has 2 rings (SSSR count). The van der Waals surface area contributed by atoms with Crippen LogP contribution in [0.15, 0.2) is 24.3 Å². The van der Waals surface area contributed by atoms with Crippen molar-refractivity contribution in [1.82, 2.24) is 9.78 Å². The Kier molecular flexibility index (Phi) is 3.70. The summed E-state index contributed by atoms with van der Waals surface area (Å²) in [5.41, 5.74) is 4.60. The summed E-state index contributed by atoms with van der Waals surface area (Å²) >= 11 is 0. The minimum atomic E-state index is 0.563. The molecule has 0 saturated heterocycles. The molecule has 0 aliphatic heterocycles. The molecule has 0 atom stereocenters. The van der Waals surface area contributed by atoms with Crippen LogP contribution in [0.4, 0.5) is 0 Å². The van der Waals surface area contributed by atoms with Crippen LogP contribution in [0.1, 0.15) is 29.4 Å². The highest BCUT2D eigenvalue weighted by Crippen LogP contribution is 2.20. The van der Waals surface area contributed by atoms with Crippen molar-refractivity contribution in [3.8, 4) is 5.75 Å². The molecule has 1 heterocycles. The van der Waals surface area contributed by atoms with E-state index in [1.807, 2.05) is 11.7 Å². The molecule has 18 heavy (non-hydrogen) atoms. The van der Waals surface area contributed by atoms with E-state index in [-0.39, 0.29) is 0 Å². The monoisotopic (exact) mass is 244 g/mol. The van der Waals surface area contributed by atoms with Crippen LogP contribution in [-0.4, -0.2) is 9.78 Å². The fourth-order valence-electron chi connectivity index (χ4n) is 1.89. The Morgan fingerprint density at radius 3 is 2.67 bits per heavy atom. The number of nitrogens with zero attached hydrogens (tertiary/aromatic N) is 2. The van der Waals surface area contributed by atoms with Crippen molar-refractivity contribution in [2.24, 2.45) is 7.05 Å². The number of ether oxygens (including phenoxy) is 1. The minimum Gasteiger partial charge on any atom is -0.487 e. The van der Waals surface area contributed by atoms with Crippen LogP contribution in [-0.2, 0) is 20.1 Å². The van der Waals surface area contributed by atoms with Crippen molar-refractivity contribution in [2.75, 3.05) is 0 Å². The third-order valence-electron chi connectivity index (χ3n) is 3.11. The highest BCUT2D eigenvalue weighted by atomic mass is 16.5. The Labute approximate surface area is 108 Å². The van der Waals surface area contributed by atoms with E-state index in [1.54, 1.807) is 0 Å². The van der Waals surface area contributed by atoms with Crippen LogP contribution in [0.3, 0.4) is 0 Å². The quantitative estimate of drug-likeness (QED) is 0.826. The molecule has 0 aliphatic carbocycles. The summed E-state index contributed by atoms with van der Waals surface area (Å²) in [6, 6.07) is 8.37. The van der Waals surface area contributed by atoms with Gasteiger partial charge in [-0.1, -0.05) is 19.1 Å². The first kappa shape index (κ1) is 12.7. The molecule has 0 spiro atoms. The van der Waals surface area contributed by atoms with E-state index in [9.17, 15) is 0 Å². The molecule has 2 aromatic rings. The Morgan fingerprint density at radius 2 is 2.00 bits per heavy atom. The van der Waals surface area contributed by atoms with Crippen LogP contribution in [0.25, 0.3) is 0 Å². The molecule has 3 nitrogen and oxygen atoms in total. The molecular formula is C15H20N2O. The van der Waals surface area contributed by atoms with E-state index in [4.69, 9.17) is 4.74 Å². The fraction of sp³-hybridized carbons (Fsp3) is 0.400. The molecule has 1 aromatic carbocycles. The zero-order valence-electron chi connectivity index (χ0n) is 11.5. The van der Waals surface area contributed by atoms with Gasteiger partial charge in [0.05, 0.1) is 11.4 Å². The van der Waals surface area contributed by atoms with Crippen LogP contribution >= 0.6 is 0 Å². The number of aromatic nitrogens is 2. The molecule has 96 valence electrons. The van der Waals surface area contributed by atoms with Gasteiger partial charge in [0.1, 0.15) is 12.4 Å². The molecule has 0 aliphatic rings. The van der Waals surface area contributed by atoms with E-state index in [2.05, 4.69) is 50.1 Å². The Balaban J connectivity index is 2.11. The number of aryl methyl sites for hydroxylation is 4. The summed E-state index contributed by atoms with van der Waals surface area (Å²) in [5, 5.41) is 4.42. The van der Waals surface area contributed by atoms with Gasteiger partial charge in [-0.2, -0.15) is 5.10 Å². The SMILES string of the molecule is CCc1cc(COc2cc(C)ccc2C)n(C)n1. The number of rotatable bonds is 4. The summed E-state index contributed by atoms with van der Waals surface area (Å²) in [7, 11) is 1.96. The van der Waals surface area contributed by atoms with Crippen molar-refractivity contribution in [3.05, 3.63) is 46.8 Å². The maximum Gasteiger partial charge on any atom is 0.130 e. The lowest BCUT2D eigenvalue weighted by atomic mass is 10.1. The summed E-state index contributed by atoms with van der Waals surface area (Å²) in [4.78, 5) is 0. The van der Waals surface area contributed by atoms with E-state index >= 15 is 0 Å². The minimum absolute atomic E-state index is 0.563. The standard InChI is InChI=1S/C15H20N2O/c1-5-13-9-14(17(4)16-13)10-18-15-8-11(2)6-7-12(15)3/h6-9H,5,10H2,1-4H3. The Hall–Kier alpha value is -1.77. The highest BCUT2D eigenvalue weighted by Gasteiger charge is 2.06. The summed E-state index contributed by atoms with van der Waals surface area (Å²) in [5.74, 6) is 0.953. The number of hydrogen-bond donors (Lipinski definition) is 0. The van der Waals surface area contributed by atoms with Gasteiger partial charge in [0, 0.05) is 7.05 Å². The second-order valence-electron chi connectivity index (χ2n) is 4.66. The Bertz CT molecular complexity index is 543. The summed E-state index contributed by atoms with van der Waals surface area (Å²) in [6.07, 6.45) is 0.956. The second kappa shape index (κ2) is 5.25. The molecule has 0 radical (unpaired) electrons. The first-order chi connectivity index (χ1) is 8.60.